The zero-order valence-corrected chi connectivity index (χ0v) is 30.5. The highest BCUT2D eigenvalue weighted by molar-refractivity contribution is 7.95. The molecule has 0 fully saturated rings. The topological polar surface area (TPSA) is 298 Å². The van der Waals surface area contributed by atoms with Crippen molar-refractivity contribution in [3.8, 4) is 5.75 Å². The van der Waals surface area contributed by atoms with E-state index in [1.54, 1.807) is 54.6 Å². The highest BCUT2D eigenvalue weighted by Crippen LogP contribution is 2.32. The van der Waals surface area contributed by atoms with Gasteiger partial charge in [0.2, 0.25) is 16.6 Å². The number of allylic oxidation sites excluding steroid dienone is 1. The summed E-state index contributed by atoms with van der Waals surface area (Å²) in [5.74, 6) is -0.754. The number of hydrazone groups is 1. The van der Waals surface area contributed by atoms with Gasteiger partial charge < -0.3 is 10.1 Å². The van der Waals surface area contributed by atoms with Crippen LogP contribution in [0.2, 0.25) is 0 Å². The molecule has 22 heteroatoms. The quantitative estimate of drug-likeness (QED) is 0.0599. The van der Waals surface area contributed by atoms with E-state index >= 15 is 0 Å². The summed E-state index contributed by atoms with van der Waals surface area (Å²) in [6.45, 7) is 0. The Hall–Kier alpha value is -7.40. The van der Waals surface area contributed by atoms with Crippen LogP contribution < -0.4 is 47.9 Å². The van der Waals surface area contributed by atoms with Gasteiger partial charge in [0.1, 0.15) is 32.3 Å². The molecule has 0 atom stereocenters. The van der Waals surface area contributed by atoms with E-state index in [1.807, 2.05) is 0 Å². The summed E-state index contributed by atoms with van der Waals surface area (Å²) in [6.07, 6.45) is 0.491. The Morgan fingerprint density at radius 1 is 0.684 bits per heavy atom. The lowest BCUT2D eigenvalue weighted by molar-refractivity contribution is -0.384. The minimum absolute atomic E-state index is 0.0101. The first-order chi connectivity index (χ1) is 27.0. The molecule has 0 amide bonds. The molecule has 1 aliphatic carbocycles. The van der Waals surface area contributed by atoms with Gasteiger partial charge >= 0.3 is 0 Å². The molecule has 0 saturated carbocycles. The summed E-state index contributed by atoms with van der Waals surface area (Å²) in [7, 11) is -8.50. The van der Waals surface area contributed by atoms with Crippen LogP contribution in [-0.4, -0.2) is 49.5 Å². The van der Waals surface area contributed by atoms with Gasteiger partial charge in [-0.2, -0.15) is 32.1 Å². The van der Waals surface area contributed by atoms with Crippen molar-refractivity contribution in [1.82, 2.24) is 0 Å². The smallest absolute Gasteiger partial charge is 0.296 e. The van der Waals surface area contributed by atoms with Gasteiger partial charge in [0.25, 0.3) is 25.9 Å². The molecule has 0 radical (unpaired) electrons. The fourth-order valence-electron chi connectivity index (χ4n) is 5.35. The van der Waals surface area contributed by atoms with E-state index in [9.17, 15) is 50.4 Å². The van der Waals surface area contributed by atoms with E-state index < -0.39 is 85.0 Å². The highest BCUT2D eigenvalue weighted by atomic mass is 32.2. The zero-order valence-electron chi connectivity index (χ0n) is 28.9. The Morgan fingerprint density at radius 3 is 2.07 bits per heavy atom. The molecule has 5 aromatic carbocycles. The maximum atomic E-state index is 13.7. The van der Waals surface area contributed by atoms with Crippen LogP contribution in [0.25, 0.3) is 4.91 Å². The molecule has 0 unspecified atom stereocenters. The van der Waals surface area contributed by atoms with Gasteiger partial charge in [0.15, 0.2) is 5.36 Å². The van der Waals surface area contributed by atoms with Crippen molar-refractivity contribution in [2.45, 2.75) is 4.90 Å². The molecule has 0 heterocycles. The predicted octanol–water partition coefficient (Wildman–Crippen LogP) is 2.67. The second kappa shape index (κ2) is 15.8. The van der Waals surface area contributed by atoms with Crippen molar-refractivity contribution in [3.63, 3.8) is 0 Å². The number of nitrogens with one attached hydrogen (secondary N) is 4. The Bertz CT molecular complexity index is 3000. The third kappa shape index (κ3) is 8.63. The largest absolute Gasteiger partial charge is 0.495 e. The van der Waals surface area contributed by atoms with Gasteiger partial charge in [-0.3, -0.25) is 49.9 Å². The number of ketones is 1. The third-order valence-electron chi connectivity index (χ3n) is 8.00. The van der Waals surface area contributed by atoms with Crippen LogP contribution >= 0.6 is 0 Å². The van der Waals surface area contributed by atoms with Gasteiger partial charge in [-0.05, 0) is 54.6 Å². The molecule has 6 N–H and O–H groups in total. The van der Waals surface area contributed by atoms with E-state index in [2.05, 4.69) is 36.9 Å². The molecular weight excluding hydrogens is 789 g/mol. The normalized spacial score (nSPS) is 14.1. The zero-order chi connectivity index (χ0) is 41.1. The Morgan fingerprint density at radius 2 is 1.39 bits per heavy atom. The monoisotopic (exact) mass is 814 g/mol. The molecule has 20 nitrogen and oxygen atoms in total. The number of nitrogens with zero attached hydrogens (tertiary/aromatic N) is 4. The number of nitro benzene ring substituents is 1. The first kappa shape index (κ1) is 39.3. The summed E-state index contributed by atoms with van der Waals surface area (Å²) < 4.78 is 73.8. The maximum Gasteiger partial charge on any atom is 0.296 e. The van der Waals surface area contributed by atoms with Crippen molar-refractivity contribution in [3.05, 3.63) is 156 Å². The molecule has 0 spiro atoms. The van der Waals surface area contributed by atoms with Crippen LogP contribution in [-0.2, 0) is 25.0 Å². The number of benzene rings is 5. The minimum Gasteiger partial charge on any atom is -0.495 e. The highest BCUT2D eigenvalue weighted by Gasteiger charge is 2.32. The van der Waals surface area contributed by atoms with Crippen molar-refractivity contribution < 1.29 is 40.4 Å². The van der Waals surface area contributed by atoms with Gasteiger partial charge in [0.05, 0.1) is 29.1 Å². The summed E-state index contributed by atoms with van der Waals surface area (Å²) in [6, 6.07) is 22.3. The van der Waals surface area contributed by atoms with E-state index in [0.29, 0.717) is 23.2 Å². The molecule has 5 aromatic rings. The molecule has 0 aliphatic heterocycles. The number of rotatable bonds is 12. The number of carbonyl (C=O) groups excluding carboxylic acids is 1. The average Bonchev–Trinajstić information content (AvgIpc) is 3.17. The number of methoxy groups -OCH3 is 1. The van der Waals surface area contributed by atoms with Crippen molar-refractivity contribution in [1.29, 1.82) is 0 Å². The molecular formula is C35H26N8O12S2. The molecule has 0 saturated heterocycles. The first-order valence-electron chi connectivity index (χ1n) is 16.0. The summed E-state index contributed by atoms with van der Waals surface area (Å²) in [4.78, 5) is 49.6. The summed E-state index contributed by atoms with van der Waals surface area (Å²) >= 11 is 0. The van der Waals surface area contributed by atoms with E-state index in [0.717, 1.165) is 30.3 Å². The minimum atomic E-state index is -5.06. The van der Waals surface area contributed by atoms with Crippen LogP contribution in [0.15, 0.2) is 133 Å². The Labute approximate surface area is 320 Å². The fraction of sp³-hybridized carbons (Fsp3) is 0.0286. The lowest BCUT2D eigenvalue weighted by atomic mass is 9.94. The number of para-hydroxylation sites is 3. The van der Waals surface area contributed by atoms with Crippen LogP contribution in [0.1, 0.15) is 11.1 Å². The summed E-state index contributed by atoms with van der Waals surface area (Å²) in [5.41, 5.74) is 3.65. The van der Waals surface area contributed by atoms with E-state index in [-0.39, 0.29) is 16.9 Å². The fourth-order valence-corrected chi connectivity index (χ4v) is 6.73. The second-order valence-corrected chi connectivity index (χ2v) is 14.5. The van der Waals surface area contributed by atoms with Crippen LogP contribution in [0.4, 0.5) is 34.1 Å². The molecule has 0 aromatic heterocycles. The van der Waals surface area contributed by atoms with Gasteiger partial charge in [0, 0.05) is 35.0 Å². The Balaban J connectivity index is 1.46. The average molecular weight is 815 g/mol. The molecule has 1 aliphatic rings. The maximum absolute atomic E-state index is 13.7. The van der Waals surface area contributed by atoms with Gasteiger partial charge in [-0.1, -0.05) is 30.3 Å². The van der Waals surface area contributed by atoms with Crippen molar-refractivity contribution in [2.24, 2.45) is 15.3 Å². The SMILES string of the molecule is COc1ccccc1NN=c1cc(NN=C2C(=O)C=C(S(=O)(=O)O)c3cc([N+](=O)[O-])ccc32)c(=O)c(=NNc2ccc(Nc3ccccc3)c(S(=O)(=O)O)c2)c1=O. The first-order valence-corrected chi connectivity index (χ1v) is 18.8. The number of anilines is 5. The molecule has 290 valence electrons. The Kier molecular flexibility index (Phi) is 10.9. The van der Waals surface area contributed by atoms with E-state index in [1.165, 1.54) is 19.2 Å². The second-order valence-electron chi connectivity index (χ2n) is 11.7. The van der Waals surface area contributed by atoms with Gasteiger partial charge in [-0.25, -0.2) is 0 Å². The van der Waals surface area contributed by atoms with Crippen LogP contribution in [0.5, 0.6) is 5.75 Å². The number of nitro groups is 1. The summed E-state index contributed by atoms with van der Waals surface area (Å²) in [5, 5.41) is 25.0. The van der Waals surface area contributed by atoms with Gasteiger partial charge in [-0.15, -0.1) is 0 Å². The van der Waals surface area contributed by atoms with Crippen LogP contribution in [0.3, 0.4) is 0 Å². The number of carbonyl (C=O) groups is 1. The molecule has 6 rings (SSSR count). The molecule has 0 bridgehead atoms. The number of fused-ring (bicyclic) bond motifs is 1. The van der Waals surface area contributed by atoms with Crippen molar-refractivity contribution >= 4 is 70.8 Å². The van der Waals surface area contributed by atoms with Crippen LogP contribution in [0, 0.1) is 10.1 Å². The standard InChI is InChI=1S/C35H26N8O12S2/c1-55-29-10-6-5-9-24(29)38-39-26-17-27(40-41-32-22-13-12-21(43(47)48)16-23(22)30(18-28(32)44)56(49,50)51)35(46)33(34(26)45)42-37-20-11-14-25(31(15-20)57(52,53)54)36-19-7-3-2-4-8-19/h2-18,36-38,40H,1H3,(H,49,50,51)(H,52,53,54). The predicted molar refractivity (Wildman–Crippen MR) is 206 cm³/mol. The van der Waals surface area contributed by atoms with E-state index in [4.69, 9.17) is 4.74 Å². The lowest BCUT2D eigenvalue weighted by Crippen LogP contribution is -2.49. The number of hydrogen-bond donors (Lipinski definition) is 6. The third-order valence-corrected chi connectivity index (χ3v) is 9.78. The number of non-ortho nitro benzene ring substituents is 1. The lowest BCUT2D eigenvalue weighted by Gasteiger charge is -2.16. The number of ether oxygens (including phenoxy) is 1. The molecule has 57 heavy (non-hydrogen) atoms. The van der Waals surface area contributed by atoms with Crippen molar-refractivity contribution in [2.75, 3.05) is 28.7 Å². The number of hydrogen-bond acceptors (Lipinski definition) is 17.